The summed E-state index contributed by atoms with van der Waals surface area (Å²) in [6, 6.07) is 1.78. The standard InChI is InChI=1S/C29H36N8O3S/c1-19-23(12-21(14-30-19)33-27(39)29(7-8-29)18-35-9-5-6-28(35,2)3)34-25(38)22-15-32-37-17-24(41-26(22)37)20-13-31-36(16-20)10-11-40-4/h12-17H,5-11,18H2,1-4H3,(H,33,39)(H,34,38). The van der Waals surface area contributed by atoms with Gasteiger partial charge in [0.2, 0.25) is 5.91 Å². The van der Waals surface area contributed by atoms with Crippen LogP contribution in [0.15, 0.2) is 37.1 Å². The molecule has 216 valence electrons. The molecule has 0 atom stereocenters. The van der Waals surface area contributed by atoms with Gasteiger partial charge in [-0.25, -0.2) is 4.52 Å². The van der Waals surface area contributed by atoms with Gasteiger partial charge >= 0.3 is 0 Å². The van der Waals surface area contributed by atoms with Crippen LogP contribution in [-0.2, 0) is 16.1 Å². The maximum atomic E-state index is 13.4. The van der Waals surface area contributed by atoms with E-state index in [4.69, 9.17) is 4.74 Å². The average molecular weight is 577 g/mol. The lowest BCUT2D eigenvalue weighted by Crippen LogP contribution is -2.44. The highest BCUT2D eigenvalue weighted by Gasteiger charge is 2.52. The van der Waals surface area contributed by atoms with Crippen molar-refractivity contribution in [3.05, 3.63) is 48.3 Å². The van der Waals surface area contributed by atoms with Crippen molar-refractivity contribution in [1.82, 2.24) is 29.3 Å². The summed E-state index contributed by atoms with van der Waals surface area (Å²) in [5.41, 5.74) is 2.99. The van der Waals surface area contributed by atoms with Gasteiger partial charge in [0, 0.05) is 37.2 Å². The topological polar surface area (TPSA) is 119 Å². The zero-order chi connectivity index (χ0) is 28.8. The minimum Gasteiger partial charge on any atom is -0.383 e. The summed E-state index contributed by atoms with van der Waals surface area (Å²) < 4.78 is 8.66. The Hall–Kier alpha value is -3.61. The van der Waals surface area contributed by atoms with Crippen LogP contribution in [-0.4, -0.2) is 73.4 Å². The Morgan fingerprint density at radius 3 is 2.66 bits per heavy atom. The molecule has 2 fully saturated rings. The first-order chi connectivity index (χ1) is 19.7. The number of hydrogen-bond donors (Lipinski definition) is 2. The van der Waals surface area contributed by atoms with Crippen molar-refractivity contribution < 1.29 is 14.3 Å². The van der Waals surface area contributed by atoms with Crippen LogP contribution in [0.5, 0.6) is 0 Å². The number of nitrogens with one attached hydrogen (secondary N) is 2. The predicted molar refractivity (Wildman–Crippen MR) is 158 cm³/mol. The molecule has 0 spiro atoms. The molecule has 1 aliphatic heterocycles. The molecule has 0 bridgehead atoms. The SMILES string of the molecule is COCCn1cc(-c2cn3ncc(C(=O)Nc4cc(NC(=O)C5(CN6CCCC6(C)C)CC5)cnc4C)c3s2)cn1. The number of carbonyl (C=O) groups is 2. The van der Waals surface area contributed by atoms with E-state index in [2.05, 4.69) is 44.6 Å². The van der Waals surface area contributed by atoms with Crippen molar-refractivity contribution in [2.45, 2.75) is 58.5 Å². The summed E-state index contributed by atoms with van der Waals surface area (Å²) in [5, 5.41) is 14.8. The number of methoxy groups -OCH3 is 1. The van der Waals surface area contributed by atoms with Crippen LogP contribution < -0.4 is 10.6 Å². The van der Waals surface area contributed by atoms with Crippen LogP contribution in [0, 0.1) is 12.3 Å². The van der Waals surface area contributed by atoms with Gasteiger partial charge in [-0.1, -0.05) is 0 Å². The summed E-state index contributed by atoms with van der Waals surface area (Å²) in [6.45, 7) is 9.41. The van der Waals surface area contributed by atoms with E-state index in [0.29, 0.717) is 35.8 Å². The average Bonchev–Trinajstić information content (AvgIpc) is 3.27. The maximum absolute atomic E-state index is 13.4. The van der Waals surface area contributed by atoms with Crippen molar-refractivity contribution in [2.75, 3.05) is 37.4 Å². The molecule has 0 aromatic carbocycles. The summed E-state index contributed by atoms with van der Waals surface area (Å²) >= 11 is 1.48. The van der Waals surface area contributed by atoms with E-state index in [1.807, 2.05) is 24.0 Å². The second-order valence-electron chi connectivity index (χ2n) is 11.8. The molecule has 1 saturated carbocycles. The van der Waals surface area contributed by atoms with Gasteiger partial charge in [-0.15, -0.1) is 11.3 Å². The number of thiazole rings is 1. The van der Waals surface area contributed by atoms with Crippen molar-refractivity contribution in [1.29, 1.82) is 0 Å². The predicted octanol–water partition coefficient (Wildman–Crippen LogP) is 4.45. The quantitative estimate of drug-likeness (QED) is 0.286. The van der Waals surface area contributed by atoms with E-state index in [-0.39, 0.29) is 22.8 Å². The normalized spacial score (nSPS) is 17.7. The maximum Gasteiger partial charge on any atom is 0.260 e. The van der Waals surface area contributed by atoms with Crippen LogP contribution in [0.2, 0.25) is 0 Å². The lowest BCUT2D eigenvalue weighted by atomic mass is 9.98. The summed E-state index contributed by atoms with van der Waals surface area (Å²) in [4.78, 5) is 35.3. The van der Waals surface area contributed by atoms with Crippen LogP contribution in [0.1, 0.15) is 55.6 Å². The Bertz CT molecular complexity index is 1600. The molecule has 1 aliphatic carbocycles. The second kappa shape index (κ2) is 10.7. The molecule has 0 radical (unpaired) electrons. The van der Waals surface area contributed by atoms with Gasteiger partial charge in [0.05, 0.1) is 64.7 Å². The van der Waals surface area contributed by atoms with Gasteiger partial charge < -0.3 is 15.4 Å². The number of amides is 2. The zero-order valence-corrected chi connectivity index (χ0v) is 24.8. The lowest BCUT2D eigenvalue weighted by Gasteiger charge is -2.34. The second-order valence-corrected chi connectivity index (χ2v) is 12.8. The smallest absolute Gasteiger partial charge is 0.260 e. The molecule has 41 heavy (non-hydrogen) atoms. The Balaban J connectivity index is 1.15. The number of pyridine rings is 1. The molecular weight excluding hydrogens is 540 g/mol. The van der Waals surface area contributed by atoms with Gasteiger partial charge in [-0.2, -0.15) is 10.2 Å². The number of nitrogens with zero attached hydrogens (tertiary/aromatic N) is 6. The Morgan fingerprint density at radius 2 is 1.93 bits per heavy atom. The van der Waals surface area contributed by atoms with E-state index in [1.165, 1.54) is 17.8 Å². The number of aryl methyl sites for hydroxylation is 1. The fraction of sp³-hybridized carbons (Fsp3) is 0.483. The minimum absolute atomic E-state index is 0.0260. The largest absolute Gasteiger partial charge is 0.383 e. The lowest BCUT2D eigenvalue weighted by molar-refractivity contribution is -0.122. The Labute approximate surface area is 242 Å². The van der Waals surface area contributed by atoms with Crippen molar-refractivity contribution >= 4 is 39.4 Å². The summed E-state index contributed by atoms with van der Waals surface area (Å²) in [5.74, 6) is -0.259. The molecular formula is C29H36N8O3S. The van der Waals surface area contributed by atoms with Crippen LogP contribution in [0.4, 0.5) is 11.4 Å². The monoisotopic (exact) mass is 576 g/mol. The highest BCUT2D eigenvalue weighted by molar-refractivity contribution is 7.21. The van der Waals surface area contributed by atoms with Crippen LogP contribution in [0.25, 0.3) is 15.3 Å². The molecule has 2 aliphatic rings. The number of aromatic nitrogens is 5. The molecule has 1 saturated heterocycles. The molecule has 4 aromatic heterocycles. The highest BCUT2D eigenvalue weighted by Crippen LogP contribution is 2.49. The third kappa shape index (κ3) is 5.51. The number of fused-ring (bicyclic) bond motifs is 1. The first-order valence-electron chi connectivity index (χ1n) is 14.0. The molecule has 2 N–H and O–H groups in total. The first-order valence-corrected chi connectivity index (χ1v) is 14.8. The molecule has 4 aromatic rings. The van der Waals surface area contributed by atoms with E-state index in [0.717, 1.165) is 47.6 Å². The molecule has 12 heteroatoms. The third-order valence-electron chi connectivity index (χ3n) is 8.38. The highest BCUT2D eigenvalue weighted by atomic mass is 32.1. The number of carbonyl (C=O) groups excluding carboxylic acids is 2. The van der Waals surface area contributed by atoms with Gasteiger partial charge in [-0.3, -0.25) is 24.2 Å². The number of rotatable bonds is 10. The third-order valence-corrected chi connectivity index (χ3v) is 9.54. The van der Waals surface area contributed by atoms with Crippen molar-refractivity contribution in [2.24, 2.45) is 5.41 Å². The van der Waals surface area contributed by atoms with E-state index in [9.17, 15) is 9.59 Å². The number of anilines is 2. The van der Waals surface area contributed by atoms with E-state index in [1.54, 1.807) is 36.3 Å². The van der Waals surface area contributed by atoms with Crippen LogP contribution in [0.3, 0.4) is 0 Å². The number of hydrogen-bond acceptors (Lipinski definition) is 8. The fourth-order valence-electron chi connectivity index (χ4n) is 5.48. The van der Waals surface area contributed by atoms with Gasteiger partial charge in [0.25, 0.3) is 5.91 Å². The summed E-state index contributed by atoms with van der Waals surface area (Å²) in [7, 11) is 1.66. The molecule has 6 rings (SSSR count). The Kier molecular flexibility index (Phi) is 7.16. The van der Waals surface area contributed by atoms with E-state index < -0.39 is 0 Å². The Morgan fingerprint density at radius 1 is 1.10 bits per heavy atom. The molecule has 2 amide bonds. The zero-order valence-electron chi connectivity index (χ0n) is 23.9. The minimum atomic E-state index is -0.350. The molecule has 0 unspecified atom stereocenters. The molecule has 11 nitrogen and oxygen atoms in total. The van der Waals surface area contributed by atoms with Gasteiger partial charge in [0.1, 0.15) is 4.83 Å². The number of ether oxygens (including phenoxy) is 1. The molecule has 5 heterocycles. The van der Waals surface area contributed by atoms with Crippen molar-refractivity contribution in [3.63, 3.8) is 0 Å². The van der Waals surface area contributed by atoms with E-state index >= 15 is 0 Å². The summed E-state index contributed by atoms with van der Waals surface area (Å²) in [6.07, 6.45) is 13.0. The van der Waals surface area contributed by atoms with Crippen LogP contribution >= 0.6 is 11.3 Å². The fourth-order valence-corrected chi connectivity index (χ4v) is 6.52. The van der Waals surface area contributed by atoms with Crippen molar-refractivity contribution in [3.8, 4) is 10.4 Å². The van der Waals surface area contributed by atoms with Gasteiger partial charge in [-0.05, 0) is 59.1 Å². The van der Waals surface area contributed by atoms with Gasteiger partial charge in [0.15, 0.2) is 0 Å². The number of likely N-dealkylation sites (tertiary alicyclic amines) is 1. The first kappa shape index (κ1) is 27.6.